The Morgan fingerprint density at radius 2 is 2.27 bits per heavy atom. The average Bonchev–Trinajstić information content (AvgIpc) is 2.21. The van der Waals surface area contributed by atoms with Crippen LogP contribution in [0.5, 0.6) is 5.75 Å². The van der Waals surface area contributed by atoms with Gasteiger partial charge in [0.2, 0.25) is 0 Å². The van der Waals surface area contributed by atoms with Crippen molar-refractivity contribution in [1.82, 2.24) is 0 Å². The lowest BCUT2D eigenvalue weighted by Gasteiger charge is -2.10. The highest BCUT2D eigenvalue weighted by Gasteiger charge is 2.02. The van der Waals surface area contributed by atoms with Gasteiger partial charge in [-0.25, -0.2) is 0 Å². The molecule has 0 radical (unpaired) electrons. The third kappa shape index (κ3) is 3.17. The molecule has 0 aromatic heterocycles. The van der Waals surface area contributed by atoms with Crippen LogP contribution in [0.2, 0.25) is 0 Å². The van der Waals surface area contributed by atoms with E-state index in [4.69, 9.17) is 10.5 Å². The van der Waals surface area contributed by atoms with Gasteiger partial charge < -0.3 is 10.5 Å². The molecule has 0 atom stereocenters. The number of para-hydroxylation sites is 1. The van der Waals surface area contributed by atoms with E-state index in [-0.39, 0.29) is 0 Å². The molecule has 0 spiro atoms. The lowest BCUT2D eigenvalue weighted by molar-refractivity contribution is 0.358. The lowest BCUT2D eigenvalue weighted by atomic mass is 10.2. The third-order valence-electron chi connectivity index (χ3n) is 2.10. The Labute approximate surface area is 91.1 Å². The van der Waals surface area contributed by atoms with Crippen molar-refractivity contribution in [1.29, 1.82) is 0 Å². The molecule has 0 fully saturated rings. The van der Waals surface area contributed by atoms with Crippen LogP contribution < -0.4 is 10.5 Å². The van der Waals surface area contributed by atoms with Crippen LogP contribution in [-0.2, 0) is 0 Å². The second-order valence-corrected chi connectivity index (χ2v) is 3.43. The maximum atomic E-state index is 5.87. The predicted octanol–water partition coefficient (Wildman–Crippen LogP) is 3.09. The Morgan fingerprint density at radius 1 is 1.53 bits per heavy atom. The van der Waals surface area contributed by atoms with E-state index in [1.165, 1.54) is 0 Å². The largest absolute Gasteiger partial charge is 0.487 e. The van der Waals surface area contributed by atoms with E-state index in [1.807, 2.05) is 44.2 Å². The summed E-state index contributed by atoms with van der Waals surface area (Å²) < 4.78 is 5.56. The quantitative estimate of drug-likeness (QED) is 0.603. The van der Waals surface area contributed by atoms with E-state index in [0.717, 1.165) is 16.9 Å². The van der Waals surface area contributed by atoms with Gasteiger partial charge in [0.15, 0.2) is 0 Å². The second-order valence-electron chi connectivity index (χ2n) is 3.43. The molecular weight excluding hydrogens is 186 g/mol. The highest BCUT2D eigenvalue weighted by molar-refractivity contribution is 5.57. The van der Waals surface area contributed by atoms with Gasteiger partial charge in [-0.1, -0.05) is 30.9 Å². The van der Waals surface area contributed by atoms with Crippen molar-refractivity contribution in [3.63, 3.8) is 0 Å². The first kappa shape index (κ1) is 11.4. The molecule has 0 amide bonds. The Bertz CT molecular complexity index is 380. The highest BCUT2D eigenvalue weighted by Crippen LogP contribution is 2.24. The van der Waals surface area contributed by atoms with Crippen molar-refractivity contribution in [3.05, 3.63) is 48.1 Å². The van der Waals surface area contributed by atoms with Crippen molar-refractivity contribution in [2.45, 2.75) is 13.8 Å². The van der Waals surface area contributed by atoms with Gasteiger partial charge in [-0.05, 0) is 31.1 Å². The van der Waals surface area contributed by atoms with Crippen LogP contribution in [-0.4, -0.2) is 6.61 Å². The van der Waals surface area contributed by atoms with Crippen LogP contribution >= 0.6 is 0 Å². The number of nitrogens with two attached hydrogens (primary N) is 1. The van der Waals surface area contributed by atoms with E-state index in [2.05, 4.69) is 6.58 Å². The predicted molar refractivity (Wildman–Crippen MR) is 65.0 cm³/mol. The van der Waals surface area contributed by atoms with Gasteiger partial charge in [0.1, 0.15) is 12.4 Å². The van der Waals surface area contributed by atoms with Crippen molar-refractivity contribution in [3.8, 4) is 5.75 Å². The molecule has 1 aromatic rings. The number of hydrogen-bond donors (Lipinski definition) is 1. The van der Waals surface area contributed by atoms with Crippen LogP contribution in [0, 0.1) is 6.92 Å². The summed E-state index contributed by atoms with van der Waals surface area (Å²) in [4.78, 5) is 0. The molecule has 0 bridgehead atoms. The summed E-state index contributed by atoms with van der Waals surface area (Å²) >= 11 is 0. The van der Waals surface area contributed by atoms with Gasteiger partial charge >= 0.3 is 0 Å². The fourth-order valence-corrected chi connectivity index (χ4v) is 1.23. The molecule has 2 nitrogen and oxygen atoms in total. The fraction of sp³-hybridized carbons (Fsp3) is 0.231. The van der Waals surface area contributed by atoms with Gasteiger partial charge in [0.25, 0.3) is 0 Å². The monoisotopic (exact) mass is 203 g/mol. The van der Waals surface area contributed by atoms with Gasteiger partial charge in [-0.2, -0.15) is 0 Å². The van der Waals surface area contributed by atoms with Gasteiger partial charge in [-0.15, -0.1) is 0 Å². The summed E-state index contributed by atoms with van der Waals surface area (Å²) in [5.41, 5.74) is 8.53. The molecule has 2 heteroatoms. The molecule has 0 unspecified atom stereocenters. The minimum Gasteiger partial charge on any atom is -0.487 e. The van der Waals surface area contributed by atoms with E-state index in [0.29, 0.717) is 12.3 Å². The first-order valence-corrected chi connectivity index (χ1v) is 4.93. The second kappa shape index (κ2) is 5.25. The summed E-state index contributed by atoms with van der Waals surface area (Å²) in [5, 5.41) is 0. The number of anilines is 1. The van der Waals surface area contributed by atoms with E-state index in [1.54, 1.807) is 0 Å². The smallest absolute Gasteiger partial charge is 0.142 e. The SMILES string of the molecule is C=C(/C=C\C)COc1cccc(C)c1N. The Balaban J connectivity index is 2.66. The maximum absolute atomic E-state index is 5.87. The first-order chi connectivity index (χ1) is 7.15. The van der Waals surface area contributed by atoms with Crippen LogP contribution in [0.1, 0.15) is 12.5 Å². The average molecular weight is 203 g/mol. The minimum atomic E-state index is 0.470. The normalized spacial score (nSPS) is 10.5. The van der Waals surface area contributed by atoms with Gasteiger partial charge in [0.05, 0.1) is 5.69 Å². The number of benzene rings is 1. The number of aryl methyl sites for hydroxylation is 1. The zero-order valence-electron chi connectivity index (χ0n) is 9.29. The van der Waals surface area contributed by atoms with Crippen molar-refractivity contribution in [2.24, 2.45) is 0 Å². The van der Waals surface area contributed by atoms with E-state index >= 15 is 0 Å². The summed E-state index contributed by atoms with van der Waals surface area (Å²) in [7, 11) is 0. The van der Waals surface area contributed by atoms with E-state index < -0.39 is 0 Å². The maximum Gasteiger partial charge on any atom is 0.142 e. The van der Waals surface area contributed by atoms with Crippen LogP contribution in [0.4, 0.5) is 5.69 Å². The van der Waals surface area contributed by atoms with E-state index in [9.17, 15) is 0 Å². The molecule has 2 N–H and O–H groups in total. The highest BCUT2D eigenvalue weighted by atomic mass is 16.5. The zero-order valence-corrected chi connectivity index (χ0v) is 9.29. The molecule has 0 saturated heterocycles. The summed E-state index contributed by atoms with van der Waals surface area (Å²) in [6.07, 6.45) is 3.86. The number of ether oxygens (including phenoxy) is 1. The van der Waals surface area contributed by atoms with Crippen LogP contribution in [0.25, 0.3) is 0 Å². The number of hydrogen-bond acceptors (Lipinski definition) is 2. The molecule has 1 rings (SSSR count). The Morgan fingerprint density at radius 3 is 2.93 bits per heavy atom. The fourth-order valence-electron chi connectivity index (χ4n) is 1.23. The van der Waals surface area contributed by atoms with Crippen molar-refractivity contribution < 1.29 is 4.74 Å². The van der Waals surface area contributed by atoms with Crippen LogP contribution in [0.15, 0.2) is 42.5 Å². The molecule has 1 aromatic carbocycles. The molecule has 15 heavy (non-hydrogen) atoms. The molecule has 0 saturated carbocycles. The summed E-state index contributed by atoms with van der Waals surface area (Å²) in [6, 6.07) is 5.76. The first-order valence-electron chi connectivity index (χ1n) is 4.93. The zero-order chi connectivity index (χ0) is 11.3. The van der Waals surface area contributed by atoms with Crippen molar-refractivity contribution in [2.75, 3.05) is 12.3 Å². The number of nitrogen functional groups attached to an aromatic ring is 1. The lowest BCUT2D eigenvalue weighted by Crippen LogP contribution is -2.02. The molecule has 0 aliphatic rings. The Hall–Kier alpha value is -1.70. The third-order valence-corrected chi connectivity index (χ3v) is 2.10. The summed E-state index contributed by atoms with van der Waals surface area (Å²) in [6.45, 7) is 8.24. The van der Waals surface area contributed by atoms with Crippen molar-refractivity contribution >= 4 is 5.69 Å². The molecule has 0 aliphatic heterocycles. The number of rotatable bonds is 4. The summed E-state index contributed by atoms with van der Waals surface area (Å²) in [5.74, 6) is 0.723. The standard InChI is InChI=1S/C13H17NO/c1-4-6-10(2)9-15-12-8-5-7-11(3)13(12)14/h4-8H,2,9,14H2,1,3H3/b6-4-. The molecule has 0 aliphatic carbocycles. The minimum absolute atomic E-state index is 0.470. The molecule has 0 heterocycles. The van der Waals surface area contributed by atoms with Crippen LogP contribution in [0.3, 0.4) is 0 Å². The topological polar surface area (TPSA) is 35.2 Å². The number of allylic oxidation sites excluding steroid dienone is 1. The Kier molecular flexibility index (Phi) is 3.98. The molecule has 80 valence electrons. The van der Waals surface area contributed by atoms with Gasteiger partial charge in [-0.3, -0.25) is 0 Å². The molecular formula is C13H17NO. The van der Waals surface area contributed by atoms with Gasteiger partial charge in [0, 0.05) is 0 Å².